The summed E-state index contributed by atoms with van der Waals surface area (Å²) in [5, 5.41) is 4.47. The maximum Gasteiger partial charge on any atom is 0.243 e. The summed E-state index contributed by atoms with van der Waals surface area (Å²) >= 11 is 0. The van der Waals surface area contributed by atoms with Crippen LogP contribution in [-0.4, -0.2) is 44.7 Å². The molecule has 0 unspecified atom stereocenters. The second kappa shape index (κ2) is 8.49. The van der Waals surface area contributed by atoms with Crippen molar-refractivity contribution in [1.29, 1.82) is 0 Å². The van der Waals surface area contributed by atoms with Crippen LogP contribution in [0.3, 0.4) is 0 Å². The van der Waals surface area contributed by atoms with Crippen molar-refractivity contribution >= 4 is 44.0 Å². The fourth-order valence-corrected chi connectivity index (χ4v) is 4.80. The quantitative estimate of drug-likeness (QED) is 0.642. The Hall–Kier alpha value is -3.23. The Morgan fingerprint density at radius 3 is 2.42 bits per heavy atom. The lowest BCUT2D eigenvalue weighted by Crippen LogP contribution is -2.35. The molecule has 0 bridgehead atoms. The van der Waals surface area contributed by atoms with E-state index in [1.54, 1.807) is 47.4 Å². The van der Waals surface area contributed by atoms with E-state index in [0.717, 1.165) is 27.2 Å². The number of carbonyl (C=O) groups is 2. The van der Waals surface area contributed by atoms with Gasteiger partial charge in [-0.15, -0.1) is 0 Å². The van der Waals surface area contributed by atoms with Crippen molar-refractivity contribution in [3.05, 3.63) is 66.7 Å². The molecule has 1 N–H and O–H groups in total. The van der Waals surface area contributed by atoms with Crippen LogP contribution < -0.4 is 10.2 Å². The minimum atomic E-state index is -3.81. The summed E-state index contributed by atoms with van der Waals surface area (Å²) in [7, 11) is -2.43. The van der Waals surface area contributed by atoms with Gasteiger partial charge in [0.1, 0.15) is 0 Å². The summed E-state index contributed by atoms with van der Waals surface area (Å²) in [5.41, 5.74) is 1.33. The van der Waals surface area contributed by atoms with E-state index in [1.165, 1.54) is 7.05 Å². The Kier molecular flexibility index (Phi) is 5.75. The van der Waals surface area contributed by atoms with Crippen LogP contribution in [0.2, 0.25) is 0 Å². The zero-order chi connectivity index (χ0) is 22.0. The average molecular weight is 438 g/mol. The molecule has 3 aromatic rings. The fraction of sp³-hybridized carbons (Fsp3) is 0.217. The number of carbonyl (C=O) groups excluding carboxylic acids is 2. The Morgan fingerprint density at radius 2 is 1.74 bits per heavy atom. The van der Waals surface area contributed by atoms with Crippen LogP contribution in [0.4, 0.5) is 11.4 Å². The minimum Gasteiger partial charge on any atom is -0.325 e. The molecule has 1 fully saturated rings. The number of hydrogen-bond donors (Lipinski definition) is 1. The molecule has 0 atom stereocenters. The van der Waals surface area contributed by atoms with E-state index in [2.05, 4.69) is 5.32 Å². The van der Waals surface area contributed by atoms with Crippen LogP contribution in [-0.2, 0) is 19.6 Å². The molecule has 31 heavy (non-hydrogen) atoms. The van der Waals surface area contributed by atoms with Crippen molar-refractivity contribution in [2.75, 3.05) is 30.4 Å². The topological polar surface area (TPSA) is 86.8 Å². The van der Waals surface area contributed by atoms with Crippen LogP contribution in [0.25, 0.3) is 10.8 Å². The van der Waals surface area contributed by atoms with Gasteiger partial charge in [-0.3, -0.25) is 9.59 Å². The molecule has 2 amide bonds. The van der Waals surface area contributed by atoms with Crippen molar-refractivity contribution in [3.8, 4) is 0 Å². The van der Waals surface area contributed by atoms with Crippen molar-refractivity contribution in [2.45, 2.75) is 17.7 Å². The Bertz CT molecular complexity index is 1240. The van der Waals surface area contributed by atoms with Crippen LogP contribution in [0, 0.1) is 0 Å². The summed E-state index contributed by atoms with van der Waals surface area (Å²) in [5.74, 6) is -0.353. The normalized spacial score (nSPS) is 14.4. The molecule has 7 nitrogen and oxygen atoms in total. The van der Waals surface area contributed by atoms with E-state index in [1.807, 2.05) is 24.3 Å². The molecule has 1 aliphatic rings. The summed E-state index contributed by atoms with van der Waals surface area (Å²) in [6.07, 6.45) is 1.39. The molecular weight excluding hydrogens is 414 g/mol. The molecule has 8 heteroatoms. The van der Waals surface area contributed by atoms with Gasteiger partial charge in [-0.25, -0.2) is 8.42 Å². The van der Waals surface area contributed by atoms with Gasteiger partial charge < -0.3 is 10.2 Å². The zero-order valence-corrected chi connectivity index (χ0v) is 17.9. The third-order valence-corrected chi connectivity index (χ3v) is 7.13. The molecular formula is C23H23N3O4S. The maximum absolute atomic E-state index is 12.9. The third kappa shape index (κ3) is 4.45. The van der Waals surface area contributed by atoms with E-state index in [0.29, 0.717) is 18.7 Å². The van der Waals surface area contributed by atoms with Gasteiger partial charge >= 0.3 is 0 Å². The summed E-state index contributed by atoms with van der Waals surface area (Å²) < 4.78 is 26.8. The van der Waals surface area contributed by atoms with Gasteiger partial charge in [0.25, 0.3) is 0 Å². The van der Waals surface area contributed by atoms with Gasteiger partial charge in [-0.05, 0) is 53.6 Å². The second-order valence-electron chi connectivity index (χ2n) is 7.51. The highest BCUT2D eigenvalue weighted by atomic mass is 32.2. The Morgan fingerprint density at radius 1 is 1.03 bits per heavy atom. The number of fused-ring (bicyclic) bond motifs is 1. The molecule has 1 saturated heterocycles. The molecule has 1 aliphatic heterocycles. The number of nitrogens with zero attached hydrogens (tertiary/aromatic N) is 2. The molecule has 1 heterocycles. The van der Waals surface area contributed by atoms with Crippen molar-refractivity contribution in [1.82, 2.24) is 4.31 Å². The Labute approximate surface area is 181 Å². The fourth-order valence-electron chi connectivity index (χ4n) is 3.64. The number of hydrogen-bond acceptors (Lipinski definition) is 4. The molecule has 0 aromatic heterocycles. The van der Waals surface area contributed by atoms with E-state index < -0.39 is 15.9 Å². The highest BCUT2D eigenvalue weighted by Gasteiger charge is 2.24. The van der Waals surface area contributed by atoms with E-state index in [-0.39, 0.29) is 17.3 Å². The number of anilines is 2. The number of likely N-dealkylation sites (N-methyl/N-ethyl adjacent to an activating group) is 1. The summed E-state index contributed by atoms with van der Waals surface area (Å²) in [4.78, 5) is 26.1. The molecule has 0 spiro atoms. The maximum atomic E-state index is 12.9. The molecule has 160 valence electrons. The molecule has 4 rings (SSSR count). The van der Waals surface area contributed by atoms with Crippen molar-refractivity contribution < 1.29 is 18.0 Å². The lowest BCUT2D eigenvalue weighted by Gasteiger charge is -2.18. The van der Waals surface area contributed by atoms with Gasteiger partial charge in [0.2, 0.25) is 21.8 Å². The lowest BCUT2D eigenvalue weighted by atomic mass is 10.1. The second-order valence-corrected chi connectivity index (χ2v) is 9.56. The standard InChI is InChI=1S/C23H23N3O4S/c1-25(31(29,30)21-13-8-17-5-2-3-6-18(17)15-21)16-22(27)24-19-9-11-20(12-10-19)26-14-4-7-23(26)28/h2-3,5-6,8-13,15H,4,7,14,16H2,1H3,(H,24,27). The monoisotopic (exact) mass is 437 g/mol. The molecule has 3 aromatic carbocycles. The number of sulfonamides is 1. The third-order valence-electron chi connectivity index (χ3n) is 5.33. The van der Waals surface area contributed by atoms with E-state index in [4.69, 9.17) is 0 Å². The van der Waals surface area contributed by atoms with Crippen LogP contribution in [0.15, 0.2) is 71.6 Å². The largest absolute Gasteiger partial charge is 0.325 e. The predicted molar refractivity (Wildman–Crippen MR) is 120 cm³/mol. The first-order valence-electron chi connectivity index (χ1n) is 10.00. The van der Waals surface area contributed by atoms with Crippen LogP contribution in [0.5, 0.6) is 0 Å². The van der Waals surface area contributed by atoms with Crippen molar-refractivity contribution in [2.24, 2.45) is 0 Å². The highest BCUT2D eigenvalue weighted by Crippen LogP contribution is 2.24. The first-order chi connectivity index (χ1) is 14.8. The smallest absolute Gasteiger partial charge is 0.243 e. The first kappa shape index (κ1) is 21.0. The molecule has 0 radical (unpaired) electrons. The van der Waals surface area contributed by atoms with Crippen molar-refractivity contribution in [3.63, 3.8) is 0 Å². The number of benzene rings is 3. The molecule has 0 saturated carbocycles. The van der Waals surface area contributed by atoms with E-state index in [9.17, 15) is 18.0 Å². The number of rotatable bonds is 6. The lowest BCUT2D eigenvalue weighted by molar-refractivity contribution is -0.117. The van der Waals surface area contributed by atoms with Gasteiger partial charge in [0.15, 0.2) is 0 Å². The SMILES string of the molecule is CN(CC(=O)Nc1ccc(N2CCCC2=O)cc1)S(=O)(=O)c1ccc2ccccc2c1. The number of amides is 2. The summed E-state index contributed by atoms with van der Waals surface area (Å²) in [6.45, 7) is 0.378. The first-order valence-corrected chi connectivity index (χ1v) is 11.4. The van der Waals surface area contributed by atoms with Crippen LogP contribution >= 0.6 is 0 Å². The highest BCUT2D eigenvalue weighted by molar-refractivity contribution is 7.89. The van der Waals surface area contributed by atoms with Gasteiger partial charge in [-0.2, -0.15) is 4.31 Å². The van der Waals surface area contributed by atoms with Crippen LogP contribution in [0.1, 0.15) is 12.8 Å². The van der Waals surface area contributed by atoms with Gasteiger partial charge in [0.05, 0.1) is 11.4 Å². The predicted octanol–water partition coefficient (Wildman–Crippen LogP) is 3.23. The number of nitrogens with one attached hydrogen (secondary N) is 1. The Balaban J connectivity index is 1.42. The summed E-state index contributed by atoms with van der Waals surface area (Å²) in [6, 6.07) is 19.4. The van der Waals surface area contributed by atoms with Gasteiger partial charge in [-0.1, -0.05) is 30.3 Å². The van der Waals surface area contributed by atoms with Gasteiger partial charge in [0, 0.05) is 31.4 Å². The molecule has 0 aliphatic carbocycles. The minimum absolute atomic E-state index is 0.0947. The average Bonchev–Trinajstić information content (AvgIpc) is 3.19. The zero-order valence-electron chi connectivity index (χ0n) is 17.1. The van der Waals surface area contributed by atoms with E-state index >= 15 is 0 Å².